The predicted octanol–water partition coefficient (Wildman–Crippen LogP) is 4.14. The third kappa shape index (κ3) is 2.85. The molecular weight excluding hydrogens is 325 g/mol. The Balaban J connectivity index is 2.19. The molecule has 0 saturated carbocycles. The number of benzene rings is 1. The van der Waals surface area contributed by atoms with Crippen molar-refractivity contribution in [2.24, 2.45) is 0 Å². The molecule has 2 rings (SSSR count). The maximum absolute atomic E-state index is 12.9. The first-order valence-electron chi connectivity index (χ1n) is 4.86. The number of nitro benzene ring substituents is 1. The molecule has 94 valence electrons. The van der Waals surface area contributed by atoms with Gasteiger partial charge in [-0.15, -0.1) is 11.3 Å². The van der Waals surface area contributed by atoms with E-state index in [0.29, 0.717) is 0 Å². The molecular formula is C11H7BrFNO3S. The molecule has 0 aliphatic heterocycles. The first-order valence-corrected chi connectivity index (χ1v) is 6.54. The number of hydrogen-bond donors (Lipinski definition) is 0. The van der Waals surface area contributed by atoms with E-state index in [-0.39, 0.29) is 18.0 Å². The summed E-state index contributed by atoms with van der Waals surface area (Å²) in [4.78, 5) is 11.0. The van der Waals surface area contributed by atoms with Crippen LogP contribution in [0.4, 0.5) is 10.1 Å². The molecule has 0 amide bonds. The fourth-order valence-electron chi connectivity index (χ4n) is 1.33. The van der Waals surface area contributed by atoms with Gasteiger partial charge in [0.1, 0.15) is 12.4 Å². The van der Waals surface area contributed by atoms with E-state index >= 15 is 0 Å². The Labute approximate surface area is 114 Å². The van der Waals surface area contributed by atoms with Crippen LogP contribution in [0.25, 0.3) is 0 Å². The fraction of sp³-hybridized carbons (Fsp3) is 0.0909. The lowest BCUT2D eigenvalue weighted by Gasteiger charge is -2.05. The van der Waals surface area contributed by atoms with Crippen LogP contribution in [0.3, 0.4) is 0 Å². The lowest BCUT2D eigenvalue weighted by molar-refractivity contribution is -0.386. The minimum atomic E-state index is -0.665. The summed E-state index contributed by atoms with van der Waals surface area (Å²) in [6.07, 6.45) is 0. The first kappa shape index (κ1) is 13.0. The fourth-order valence-corrected chi connectivity index (χ4v) is 2.70. The average Bonchev–Trinajstić information content (AvgIpc) is 2.73. The van der Waals surface area contributed by atoms with Crippen molar-refractivity contribution in [2.75, 3.05) is 0 Å². The van der Waals surface area contributed by atoms with Gasteiger partial charge in [0.15, 0.2) is 5.75 Å². The quantitative estimate of drug-likeness (QED) is 0.625. The van der Waals surface area contributed by atoms with Gasteiger partial charge < -0.3 is 4.74 Å². The minimum absolute atomic E-state index is 0.0571. The number of halogens is 2. The van der Waals surface area contributed by atoms with Crippen molar-refractivity contribution in [3.05, 3.63) is 54.9 Å². The Morgan fingerprint density at radius 3 is 2.83 bits per heavy atom. The Morgan fingerprint density at radius 1 is 1.44 bits per heavy atom. The summed E-state index contributed by atoms with van der Waals surface area (Å²) in [5, 5.41) is 12.6. The minimum Gasteiger partial charge on any atom is -0.481 e. The molecule has 0 unspecified atom stereocenters. The molecule has 0 fully saturated rings. The van der Waals surface area contributed by atoms with Gasteiger partial charge in [-0.25, -0.2) is 4.39 Å². The third-order valence-corrected chi connectivity index (χ3v) is 4.07. The zero-order valence-electron chi connectivity index (χ0n) is 8.93. The van der Waals surface area contributed by atoms with Gasteiger partial charge in [-0.3, -0.25) is 10.1 Å². The van der Waals surface area contributed by atoms with Crippen molar-refractivity contribution in [3.63, 3.8) is 0 Å². The summed E-state index contributed by atoms with van der Waals surface area (Å²) in [5.41, 5.74) is -0.373. The molecule has 0 radical (unpaired) electrons. The van der Waals surface area contributed by atoms with Crippen molar-refractivity contribution >= 4 is 33.0 Å². The van der Waals surface area contributed by atoms with Crippen LogP contribution in [-0.2, 0) is 6.61 Å². The van der Waals surface area contributed by atoms with Gasteiger partial charge in [0.2, 0.25) is 0 Å². The number of rotatable bonds is 4. The van der Waals surface area contributed by atoms with E-state index in [0.717, 1.165) is 21.5 Å². The van der Waals surface area contributed by atoms with Gasteiger partial charge in [0.05, 0.1) is 15.9 Å². The number of thiophene rings is 1. The topological polar surface area (TPSA) is 52.4 Å². The van der Waals surface area contributed by atoms with E-state index in [2.05, 4.69) is 15.9 Å². The Bertz CT molecular complexity index is 587. The maximum Gasteiger partial charge on any atom is 0.313 e. The molecule has 18 heavy (non-hydrogen) atoms. The van der Waals surface area contributed by atoms with Crippen molar-refractivity contribution < 1.29 is 14.1 Å². The number of hydrogen-bond acceptors (Lipinski definition) is 4. The molecule has 2 aromatic rings. The molecule has 0 spiro atoms. The van der Waals surface area contributed by atoms with E-state index in [4.69, 9.17) is 4.74 Å². The largest absolute Gasteiger partial charge is 0.481 e. The maximum atomic E-state index is 12.9. The van der Waals surface area contributed by atoms with E-state index in [1.807, 2.05) is 11.4 Å². The van der Waals surface area contributed by atoms with E-state index < -0.39 is 10.7 Å². The normalized spacial score (nSPS) is 10.3. The van der Waals surface area contributed by atoms with Gasteiger partial charge in [0.25, 0.3) is 0 Å². The highest BCUT2D eigenvalue weighted by molar-refractivity contribution is 9.10. The number of nitro groups is 1. The van der Waals surface area contributed by atoms with Crippen LogP contribution in [-0.4, -0.2) is 4.92 Å². The van der Waals surface area contributed by atoms with Crippen LogP contribution < -0.4 is 4.74 Å². The number of nitrogens with zero attached hydrogens (tertiary/aromatic N) is 1. The van der Waals surface area contributed by atoms with E-state index in [1.54, 1.807) is 0 Å². The average molecular weight is 332 g/mol. The summed E-state index contributed by atoms with van der Waals surface area (Å²) < 4.78 is 19.2. The van der Waals surface area contributed by atoms with Crippen molar-refractivity contribution in [2.45, 2.75) is 6.61 Å². The Kier molecular flexibility index (Phi) is 3.93. The van der Waals surface area contributed by atoms with Crippen molar-refractivity contribution in [3.8, 4) is 5.75 Å². The van der Waals surface area contributed by atoms with Crippen LogP contribution in [0.1, 0.15) is 4.88 Å². The second-order valence-electron chi connectivity index (χ2n) is 3.35. The first-order chi connectivity index (χ1) is 8.58. The lowest BCUT2D eigenvalue weighted by Crippen LogP contribution is -1.98. The summed E-state index contributed by atoms with van der Waals surface area (Å²) in [5.74, 6) is -0.604. The smallest absolute Gasteiger partial charge is 0.313 e. The standard InChI is InChI=1S/C11H7BrFNO3S/c12-8-3-4-18-11(8)6-17-10-2-1-7(13)5-9(10)14(15)16/h1-5H,6H2. The van der Waals surface area contributed by atoms with E-state index in [9.17, 15) is 14.5 Å². The zero-order chi connectivity index (χ0) is 13.1. The molecule has 7 heteroatoms. The predicted molar refractivity (Wildman–Crippen MR) is 69.4 cm³/mol. The Morgan fingerprint density at radius 2 is 2.22 bits per heavy atom. The molecule has 0 saturated heterocycles. The Hall–Kier alpha value is -1.47. The third-order valence-electron chi connectivity index (χ3n) is 2.17. The van der Waals surface area contributed by atoms with Crippen molar-refractivity contribution in [1.82, 2.24) is 0 Å². The molecule has 1 aromatic heterocycles. The molecule has 0 aliphatic carbocycles. The second-order valence-corrected chi connectivity index (χ2v) is 5.20. The zero-order valence-corrected chi connectivity index (χ0v) is 11.3. The van der Waals surface area contributed by atoms with Crippen LogP contribution in [0.2, 0.25) is 0 Å². The SMILES string of the molecule is O=[N+]([O-])c1cc(F)ccc1OCc1sccc1Br. The van der Waals surface area contributed by atoms with Crippen LogP contribution in [0, 0.1) is 15.9 Å². The van der Waals surface area contributed by atoms with Crippen LogP contribution in [0.5, 0.6) is 5.75 Å². The summed E-state index contributed by atoms with van der Waals surface area (Å²) >= 11 is 4.81. The molecule has 0 N–H and O–H groups in total. The lowest BCUT2D eigenvalue weighted by atomic mass is 10.3. The molecule has 0 aliphatic rings. The van der Waals surface area contributed by atoms with Crippen LogP contribution >= 0.6 is 27.3 Å². The monoisotopic (exact) mass is 331 g/mol. The molecule has 0 bridgehead atoms. The van der Waals surface area contributed by atoms with Gasteiger partial charge in [0, 0.05) is 4.47 Å². The highest BCUT2D eigenvalue weighted by Gasteiger charge is 2.16. The molecule has 1 heterocycles. The van der Waals surface area contributed by atoms with Gasteiger partial charge in [-0.1, -0.05) is 0 Å². The summed E-state index contributed by atoms with van der Waals surface area (Å²) in [6, 6.07) is 5.10. The van der Waals surface area contributed by atoms with Gasteiger partial charge in [-0.2, -0.15) is 0 Å². The molecule has 1 aromatic carbocycles. The summed E-state index contributed by atoms with van der Waals surface area (Å²) in [7, 11) is 0. The van der Waals surface area contributed by atoms with Gasteiger partial charge >= 0.3 is 5.69 Å². The highest BCUT2D eigenvalue weighted by atomic mass is 79.9. The molecule has 0 atom stereocenters. The highest BCUT2D eigenvalue weighted by Crippen LogP contribution is 2.30. The summed E-state index contributed by atoms with van der Waals surface area (Å²) in [6.45, 7) is 0.199. The van der Waals surface area contributed by atoms with Crippen molar-refractivity contribution in [1.29, 1.82) is 0 Å². The number of ether oxygens (including phenoxy) is 1. The van der Waals surface area contributed by atoms with E-state index in [1.165, 1.54) is 17.4 Å². The van der Waals surface area contributed by atoms with Crippen LogP contribution in [0.15, 0.2) is 34.1 Å². The second kappa shape index (κ2) is 5.45. The molecule has 4 nitrogen and oxygen atoms in total. The van der Waals surface area contributed by atoms with Gasteiger partial charge in [-0.05, 0) is 39.5 Å².